The van der Waals surface area contributed by atoms with Gasteiger partial charge in [-0.2, -0.15) is 0 Å². The first-order valence-electron chi connectivity index (χ1n) is 3.01. The Morgan fingerprint density at radius 2 is 2.18 bits per heavy atom. The van der Waals surface area contributed by atoms with Gasteiger partial charge in [-0.25, -0.2) is 0 Å². The van der Waals surface area contributed by atoms with Crippen molar-refractivity contribution in [3.8, 4) is 0 Å². The fourth-order valence-corrected chi connectivity index (χ4v) is 0.699. The SMILES string of the molecule is COC(=O)CCC(Br)C(=O)O. The van der Waals surface area contributed by atoms with Crippen LogP contribution in [0.5, 0.6) is 0 Å². The van der Waals surface area contributed by atoms with E-state index in [2.05, 4.69) is 20.7 Å². The number of ether oxygens (including phenoxy) is 1. The zero-order chi connectivity index (χ0) is 8.85. The molecule has 0 saturated heterocycles. The summed E-state index contributed by atoms with van der Waals surface area (Å²) in [6.07, 6.45) is 0.376. The number of carbonyl (C=O) groups excluding carboxylic acids is 1. The maximum atomic E-state index is 10.5. The lowest BCUT2D eigenvalue weighted by atomic mass is 10.2. The van der Waals surface area contributed by atoms with Crippen LogP contribution in [-0.2, 0) is 14.3 Å². The van der Waals surface area contributed by atoms with E-state index in [1.165, 1.54) is 7.11 Å². The maximum Gasteiger partial charge on any atom is 0.317 e. The van der Waals surface area contributed by atoms with E-state index in [1.807, 2.05) is 0 Å². The van der Waals surface area contributed by atoms with Gasteiger partial charge in [-0.3, -0.25) is 9.59 Å². The molecule has 0 radical (unpaired) electrons. The lowest BCUT2D eigenvalue weighted by Gasteiger charge is -2.01. The number of alkyl halides is 1. The monoisotopic (exact) mass is 224 g/mol. The van der Waals surface area contributed by atoms with Gasteiger partial charge in [0.15, 0.2) is 0 Å². The summed E-state index contributed by atoms with van der Waals surface area (Å²) in [5, 5.41) is 8.37. The van der Waals surface area contributed by atoms with Crippen LogP contribution in [-0.4, -0.2) is 29.0 Å². The van der Waals surface area contributed by atoms with Crippen molar-refractivity contribution in [2.45, 2.75) is 17.7 Å². The number of methoxy groups -OCH3 is 1. The summed E-state index contributed by atoms with van der Waals surface area (Å²) in [7, 11) is 1.27. The molecule has 11 heavy (non-hydrogen) atoms. The van der Waals surface area contributed by atoms with Gasteiger partial charge in [0.05, 0.1) is 7.11 Å². The Morgan fingerprint density at radius 3 is 2.55 bits per heavy atom. The van der Waals surface area contributed by atoms with Crippen LogP contribution in [0.15, 0.2) is 0 Å². The van der Waals surface area contributed by atoms with E-state index in [0.717, 1.165) is 0 Å². The number of carboxylic acids is 1. The first-order chi connectivity index (χ1) is 5.07. The maximum absolute atomic E-state index is 10.5. The minimum absolute atomic E-state index is 0.124. The minimum Gasteiger partial charge on any atom is -0.480 e. The number of hydrogen-bond acceptors (Lipinski definition) is 3. The largest absolute Gasteiger partial charge is 0.480 e. The van der Waals surface area contributed by atoms with Crippen LogP contribution in [0.3, 0.4) is 0 Å². The molecular weight excluding hydrogens is 216 g/mol. The van der Waals surface area contributed by atoms with E-state index >= 15 is 0 Å². The molecule has 0 rings (SSSR count). The molecule has 0 aromatic heterocycles. The van der Waals surface area contributed by atoms with E-state index < -0.39 is 16.8 Å². The first kappa shape index (κ1) is 10.4. The van der Waals surface area contributed by atoms with Gasteiger partial charge in [-0.15, -0.1) is 0 Å². The summed E-state index contributed by atoms with van der Waals surface area (Å²) in [5.74, 6) is -1.36. The highest BCUT2D eigenvalue weighted by Crippen LogP contribution is 2.08. The summed E-state index contributed by atoms with van der Waals surface area (Å²) in [6, 6.07) is 0. The number of hydrogen-bond donors (Lipinski definition) is 1. The average Bonchev–Trinajstić information content (AvgIpc) is 1.99. The number of halogens is 1. The van der Waals surface area contributed by atoms with Crippen LogP contribution in [0.4, 0.5) is 0 Å². The second-order valence-electron chi connectivity index (χ2n) is 1.92. The molecule has 64 valence electrons. The normalized spacial score (nSPS) is 12.2. The van der Waals surface area contributed by atoms with Gasteiger partial charge in [0.25, 0.3) is 0 Å². The molecule has 0 amide bonds. The molecule has 5 heteroatoms. The van der Waals surface area contributed by atoms with Gasteiger partial charge in [-0.1, -0.05) is 15.9 Å². The molecule has 1 N–H and O–H groups in total. The molecule has 0 spiro atoms. The average molecular weight is 225 g/mol. The molecule has 0 aromatic rings. The van der Waals surface area contributed by atoms with Crippen molar-refractivity contribution < 1.29 is 19.4 Å². The molecule has 0 aliphatic heterocycles. The highest BCUT2D eigenvalue weighted by molar-refractivity contribution is 9.10. The third-order valence-corrected chi connectivity index (χ3v) is 1.95. The van der Waals surface area contributed by atoms with Crippen LogP contribution in [0.1, 0.15) is 12.8 Å². The zero-order valence-corrected chi connectivity index (χ0v) is 7.63. The fourth-order valence-electron chi connectivity index (χ4n) is 0.470. The molecule has 0 fully saturated rings. The van der Waals surface area contributed by atoms with Gasteiger partial charge in [-0.05, 0) is 6.42 Å². The van der Waals surface area contributed by atoms with E-state index in [9.17, 15) is 9.59 Å². The molecule has 0 aromatic carbocycles. The topological polar surface area (TPSA) is 63.6 Å². The molecule has 1 unspecified atom stereocenters. The minimum atomic E-state index is -0.964. The Morgan fingerprint density at radius 1 is 1.64 bits per heavy atom. The summed E-state index contributed by atoms with van der Waals surface area (Å²) in [4.78, 5) is 20.0. The van der Waals surface area contributed by atoms with Crippen molar-refractivity contribution in [3.05, 3.63) is 0 Å². The number of carbonyl (C=O) groups is 2. The van der Waals surface area contributed by atoms with E-state index in [0.29, 0.717) is 0 Å². The van der Waals surface area contributed by atoms with Gasteiger partial charge < -0.3 is 9.84 Å². The second-order valence-corrected chi connectivity index (χ2v) is 3.03. The van der Waals surface area contributed by atoms with Gasteiger partial charge in [0.2, 0.25) is 0 Å². The number of esters is 1. The predicted octanol–water partition coefficient (Wildman–Crippen LogP) is 0.788. The molecule has 0 aliphatic carbocycles. The summed E-state index contributed by atoms with van der Waals surface area (Å²) in [6.45, 7) is 0. The molecule has 0 heterocycles. The zero-order valence-electron chi connectivity index (χ0n) is 6.04. The standard InChI is InChI=1S/C6H9BrO4/c1-11-5(8)3-2-4(7)6(9)10/h4H,2-3H2,1H3,(H,9,10). The lowest BCUT2D eigenvalue weighted by Crippen LogP contribution is -2.14. The van der Waals surface area contributed by atoms with Crippen molar-refractivity contribution in [1.82, 2.24) is 0 Å². The van der Waals surface area contributed by atoms with Crippen LogP contribution >= 0.6 is 15.9 Å². The van der Waals surface area contributed by atoms with Crippen molar-refractivity contribution in [2.75, 3.05) is 7.11 Å². The van der Waals surface area contributed by atoms with Crippen molar-refractivity contribution >= 4 is 27.9 Å². The summed E-state index contributed by atoms with van der Waals surface area (Å²) < 4.78 is 4.33. The summed E-state index contributed by atoms with van der Waals surface area (Å²) in [5.41, 5.74) is 0. The Balaban J connectivity index is 3.54. The number of rotatable bonds is 4. The first-order valence-corrected chi connectivity index (χ1v) is 3.93. The second kappa shape index (κ2) is 5.12. The Bertz CT molecular complexity index is 157. The highest BCUT2D eigenvalue weighted by Gasteiger charge is 2.14. The molecular formula is C6H9BrO4. The van der Waals surface area contributed by atoms with Crippen LogP contribution in [0.2, 0.25) is 0 Å². The Kier molecular flexibility index (Phi) is 4.85. The van der Waals surface area contributed by atoms with Gasteiger partial charge >= 0.3 is 11.9 Å². The Hall–Kier alpha value is -0.580. The van der Waals surface area contributed by atoms with Crippen LogP contribution in [0, 0.1) is 0 Å². The molecule has 0 bridgehead atoms. The van der Waals surface area contributed by atoms with Crippen molar-refractivity contribution in [3.63, 3.8) is 0 Å². The van der Waals surface area contributed by atoms with Crippen LogP contribution < -0.4 is 0 Å². The van der Waals surface area contributed by atoms with Crippen molar-refractivity contribution in [1.29, 1.82) is 0 Å². The van der Waals surface area contributed by atoms with E-state index in [-0.39, 0.29) is 12.8 Å². The van der Waals surface area contributed by atoms with Crippen LogP contribution in [0.25, 0.3) is 0 Å². The van der Waals surface area contributed by atoms with Crippen molar-refractivity contribution in [2.24, 2.45) is 0 Å². The van der Waals surface area contributed by atoms with Gasteiger partial charge in [0.1, 0.15) is 4.83 Å². The molecule has 0 saturated carbocycles. The third-order valence-electron chi connectivity index (χ3n) is 1.10. The number of carboxylic acid groups (broad SMARTS) is 1. The number of aliphatic carboxylic acids is 1. The molecule has 1 atom stereocenters. The van der Waals surface area contributed by atoms with E-state index in [4.69, 9.17) is 5.11 Å². The molecule has 4 nitrogen and oxygen atoms in total. The smallest absolute Gasteiger partial charge is 0.317 e. The molecule has 0 aliphatic rings. The predicted molar refractivity (Wildman–Crippen MR) is 41.6 cm³/mol. The third kappa shape index (κ3) is 4.78. The quantitative estimate of drug-likeness (QED) is 0.567. The fraction of sp³-hybridized carbons (Fsp3) is 0.667. The van der Waals surface area contributed by atoms with Gasteiger partial charge in [0, 0.05) is 6.42 Å². The highest BCUT2D eigenvalue weighted by atomic mass is 79.9. The summed E-state index contributed by atoms with van der Waals surface area (Å²) >= 11 is 2.89. The lowest BCUT2D eigenvalue weighted by molar-refractivity contribution is -0.141. The van der Waals surface area contributed by atoms with E-state index in [1.54, 1.807) is 0 Å². The Labute approximate surface area is 72.7 Å².